The van der Waals surface area contributed by atoms with E-state index in [0.717, 1.165) is 34.1 Å². The number of halogens is 1. The summed E-state index contributed by atoms with van der Waals surface area (Å²) >= 11 is 3.48. The lowest BCUT2D eigenvalue weighted by molar-refractivity contribution is 0.0964. The number of rotatable bonds is 5. The van der Waals surface area contributed by atoms with Crippen molar-refractivity contribution in [2.75, 3.05) is 6.61 Å². The van der Waals surface area contributed by atoms with Gasteiger partial charge in [0, 0.05) is 5.56 Å². The van der Waals surface area contributed by atoms with Crippen molar-refractivity contribution in [3.63, 3.8) is 0 Å². The van der Waals surface area contributed by atoms with Gasteiger partial charge in [0.15, 0.2) is 0 Å². The van der Waals surface area contributed by atoms with E-state index in [1.807, 2.05) is 30.3 Å². The number of aromatic nitrogens is 2. The molecule has 0 saturated carbocycles. The zero-order valence-corrected chi connectivity index (χ0v) is 14.4. The number of para-hydroxylation sites is 2. The third kappa shape index (κ3) is 3.29. The predicted molar refractivity (Wildman–Crippen MR) is 94.0 cm³/mol. The van der Waals surface area contributed by atoms with Gasteiger partial charge < -0.3 is 4.74 Å². The molecule has 1 aromatic heterocycles. The maximum atomic E-state index is 12.7. The van der Waals surface area contributed by atoms with E-state index in [1.54, 1.807) is 23.0 Å². The number of hydrogen-bond donors (Lipinski definition) is 0. The molecule has 0 fully saturated rings. The Hall–Kier alpha value is -2.14. The van der Waals surface area contributed by atoms with E-state index in [4.69, 9.17) is 4.74 Å². The molecule has 0 aliphatic heterocycles. The smallest absolute Gasteiger partial charge is 0.263 e. The van der Waals surface area contributed by atoms with Crippen molar-refractivity contribution in [2.24, 2.45) is 0 Å². The van der Waals surface area contributed by atoms with Crippen LogP contribution < -0.4 is 4.74 Å². The molecule has 5 heteroatoms. The van der Waals surface area contributed by atoms with E-state index in [0.29, 0.717) is 12.2 Å². The fourth-order valence-electron chi connectivity index (χ4n) is 2.34. The molecule has 0 N–H and O–H groups in total. The highest BCUT2D eigenvalue weighted by molar-refractivity contribution is 9.10. The number of carbonyl (C=O) groups excluding carboxylic acids is 1. The number of nitrogens with zero attached hydrogens (tertiary/aromatic N) is 2. The zero-order chi connectivity index (χ0) is 16.2. The lowest BCUT2D eigenvalue weighted by Gasteiger charge is -2.09. The van der Waals surface area contributed by atoms with Crippen molar-refractivity contribution in [1.82, 2.24) is 9.55 Å². The largest absolute Gasteiger partial charge is 0.492 e. The maximum Gasteiger partial charge on any atom is 0.263 e. The summed E-state index contributed by atoms with van der Waals surface area (Å²) in [5, 5.41) is 0. The summed E-state index contributed by atoms with van der Waals surface area (Å²) in [6, 6.07) is 13.0. The molecule has 0 radical (unpaired) electrons. The Labute approximate surface area is 143 Å². The summed E-state index contributed by atoms with van der Waals surface area (Å²) in [6.07, 6.45) is 3.66. The quantitative estimate of drug-likeness (QED) is 0.611. The van der Waals surface area contributed by atoms with Crippen LogP contribution in [0.1, 0.15) is 30.1 Å². The van der Waals surface area contributed by atoms with Gasteiger partial charge in [-0.2, -0.15) is 0 Å². The zero-order valence-electron chi connectivity index (χ0n) is 12.8. The third-order valence-electron chi connectivity index (χ3n) is 3.61. The van der Waals surface area contributed by atoms with Gasteiger partial charge >= 0.3 is 0 Å². The lowest BCUT2D eigenvalue weighted by Crippen LogP contribution is -2.11. The summed E-state index contributed by atoms with van der Waals surface area (Å²) < 4.78 is 8.04. The fourth-order valence-corrected chi connectivity index (χ4v) is 2.83. The second kappa shape index (κ2) is 6.96. The molecule has 0 aliphatic carbocycles. The van der Waals surface area contributed by atoms with Crippen LogP contribution >= 0.6 is 15.9 Å². The molecule has 0 aliphatic rings. The van der Waals surface area contributed by atoms with Gasteiger partial charge in [-0.3, -0.25) is 9.36 Å². The molecule has 0 saturated heterocycles. The van der Waals surface area contributed by atoms with Gasteiger partial charge in [-0.15, -0.1) is 0 Å². The van der Waals surface area contributed by atoms with Crippen LogP contribution in [0.4, 0.5) is 0 Å². The topological polar surface area (TPSA) is 44.1 Å². The van der Waals surface area contributed by atoms with Crippen LogP contribution in [0.2, 0.25) is 0 Å². The van der Waals surface area contributed by atoms with E-state index in [-0.39, 0.29) is 5.91 Å². The monoisotopic (exact) mass is 372 g/mol. The molecular formula is C18H17BrN2O2. The maximum absolute atomic E-state index is 12.7. The van der Waals surface area contributed by atoms with E-state index in [1.165, 1.54) is 0 Å². The van der Waals surface area contributed by atoms with Gasteiger partial charge in [-0.1, -0.05) is 25.5 Å². The summed E-state index contributed by atoms with van der Waals surface area (Å²) in [4.78, 5) is 17.0. The Morgan fingerprint density at radius 3 is 2.87 bits per heavy atom. The molecule has 3 aromatic rings. The van der Waals surface area contributed by atoms with Gasteiger partial charge in [0.1, 0.15) is 12.1 Å². The van der Waals surface area contributed by atoms with E-state index >= 15 is 0 Å². The number of fused-ring (bicyclic) bond motifs is 1. The fraction of sp³-hybridized carbons (Fsp3) is 0.222. The number of benzene rings is 2. The van der Waals surface area contributed by atoms with Crippen LogP contribution in [0.3, 0.4) is 0 Å². The van der Waals surface area contributed by atoms with E-state index < -0.39 is 0 Å². The standard InChI is InChI=1S/C18H17BrN2O2/c1-2-3-10-23-17-9-8-13(11-14(17)19)18(22)21-12-20-15-6-4-5-7-16(15)21/h4-9,11-12H,2-3,10H2,1H3. The molecule has 23 heavy (non-hydrogen) atoms. The Bertz CT molecular complexity index is 842. The summed E-state index contributed by atoms with van der Waals surface area (Å²) in [7, 11) is 0. The van der Waals surface area contributed by atoms with Crippen molar-refractivity contribution in [2.45, 2.75) is 19.8 Å². The van der Waals surface area contributed by atoms with Crippen LogP contribution in [0.15, 0.2) is 53.3 Å². The first kappa shape index (κ1) is 15.7. The summed E-state index contributed by atoms with van der Waals surface area (Å²) in [5.41, 5.74) is 2.19. The molecule has 0 amide bonds. The van der Waals surface area contributed by atoms with Crippen LogP contribution in [0, 0.1) is 0 Å². The Morgan fingerprint density at radius 1 is 1.26 bits per heavy atom. The normalized spacial score (nSPS) is 10.9. The third-order valence-corrected chi connectivity index (χ3v) is 4.23. The summed E-state index contributed by atoms with van der Waals surface area (Å²) in [5.74, 6) is 0.644. The molecule has 118 valence electrons. The molecule has 0 bridgehead atoms. The highest BCUT2D eigenvalue weighted by Crippen LogP contribution is 2.27. The summed E-state index contributed by atoms with van der Waals surface area (Å²) in [6.45, 7) is 2.80. The highest BCUT2D eigenvalue weighted by Gasteiger charge is 2.14. The minimum Gasteiger partial charge on any atom is -0.492 e. The van der Waals surface area contributed by atoms with Crippen LogP contribution in [0.25, 0.3) is 11.0 Å². The van der Waals surface area contributed by atoms with Crippen LogP contribution in [-0.4, -0.2) is 22.1 Å². The second-order valence-electron chi connectivity index (χ2n) is 5.26. The highest BCUT2D eigenvalue weighted by atomic mass is 79.9. The molecule has 0 atom stereocenters. The van der Waals surface area contributed by atoms with Crippen molar-refractivity contribution < 1.29 is 9.53 Å². The first-order chi connectivity index (χ1) is 11.2. The molecule has 3 rings (SSSR count). The van der Waals surface area contributed by atoms with E-state index in [2.05, 4.69) is 27.8 Å². The molecular weight excluding hydrogens is 356 g/mol. The van der Waals surface area contributed by atoms with Crippen molar-refractivity contribution in [3.8, 4) is 5.75 Å². The number of imidazole rings is 1. The van der Waals surface area contributed by atoms with Gasteiger partial charge in [-0.05, 0) is 52.7 Å². The SMILES string of the molecule is CCCCOc1ccc(C(=O)n2cnc3ccccc32)cc1Br. The molecule has 1 heterocycles. The van der Waals surface area contributed by atoms with Gasteiger partial charge in [0.2, 0.25) is 0 Å². The number of unbranched alkanes of at least 4 members (excludes halogenated alkanes) is 1. The van der Waals surface area contributed by atoms with Crippen molar-refractivity contribution >= 4 is 32.9 Å². The van der Waals surface area contributed by atoms with Gasteiger partial charge in [0.05, 0.1) is 22.1 Å². The average Bonchev–Trinajstić information content (AvgIpc) is 3.00. The number of carbonyl (C=O) groups is 1. The van der Waals surface area contributed by atoms with Gasteiger partial charge in [-0.25, -0.2) is 4.98 Å². The minimum atomic E-state index is -0.112. The Kier molecular flexibility index (Phi) is 4.76. The first-order valence-corrected chi connectivity index (χ1v) is 8.39. The van der Waals surface area contributed by atoms with E-state index in [9.17, 15) is 4.79 Å². The molecule has 0 unspecified atom stereocenters. The number of hydrogen-bond acceptors (Lipinski definition) is 3. The average molecular weight is 373 g/mol. The first-order valence-electron chi connectivity index (χ1n) is 7.60. The Morgan fingerprint density at radius 2 is 2.09 bits per heavy atom. The molecule has 4 nitrogen and oxygen atoms in total. The van der Waals surface area contributed by atoms with Crippen molar-refractivity contribution in [3.05, 3.63) is 58.8 Å². The molecule has 2 aromatic carbocycles. The minimum absolute atomic E-state index is 0.112. The van der Waals surface area contributed by atoms with Gasteiger partial charge in [0.25, 0.3) is 5.91 Å². The predicted octanol–water partition coefficient (Wildman–Crippen LogP) is 4.67. The molecule has 0 spiro atoms. The lowest BCUT2D eigenvalue weighted by atomic mass is 10.2. The second-order valence-corrected chi connectivity index (χ2v) is 6.11. The Balaban J connectivity index is 1.86. The van der Waals surface area contributed by atoms with Crippen LogP contribution in [-0.2, 0) is 0 Å². The van der Waals surface area contributed by atoms with Crippen molar-refractivity contribution in [1.29, 1.82) is 0 Å². The number of ether oxygens (including phenoxy) is 1. The van der Waals surface area contributed by atoms with Crippen LogP contribution in [0.5, 0.6) is 5.75 Å².